The molecule has 2 heterocycles. The van der Waals surface area contributed by atoms with E-state index in [1.165, 1.54) is 18.3 Å². The van der Waals surface area contributed by atoms with Crippen LogP contribution in [0, 0.1) is 0 Å². The molecule has 9 heteroatoms. The molecule has 4 aromatic rings. The van der Waals surface area contributed by atoms with Crippen molar-refractivity contribution in [3.63, 3.8) is 0 Å². The maximum absolute atomic E-state index is 12.3. The van der Waals surface area contributed by atoms with Gasteiger partial charge in [-0.05, 0) is 59.5 Å². The van der Waals surface area contributed by atoms with E-state index >= 15 is 0 Å². The highest BCUT2D eigenvalue weighted by molar-refractivity contribution is 5.93. The topological polar surface area (TPSA) is 76.2 Å². The van der Waals surface area contributed by atoms with Crippen molar-refractivity contribution in [1.82, 2.24) is 9.97 Å². The van der Waals surface area contributed by atoms with Gasteiger partial charge in [-0.25, -0.2) is 4.98 Å². The molecule has 0 saturated heterocycles. The zero-order valence-corrected chi connectivity index (χ0v) is 15.9. The molecule has 0 aliphatic carbocycles. The number of hydrogen-bond acceptors (Lipinski definition) is 4. The van der Waals surface area contributed by atoms with Gasteiger partial charge in [0.2, 0.25) is 11.8 Å². The number of ether oxygens (including phenoxy) is 2. The van der Waals surface area contributed by atoms with Crippen LogP contribution in [-0.2, 0) is 11.2 Å². The lowest BCUT2D eigenvalue weighted by Gasteiger charge is -2.10. The van der Waals surface area contributed by atoms with Crippen molar-refractivity contribution in [2.75, 3.05) is 5.32 Å². The average Bonchev–Trinajstić information content (AvgIpc) is 3.18. The number of aromatic amines is 1. The highest BCUT2D eigenvalue weighted by atomic mass is 19.4. The Bertz CT molecular complexity index is 1190. The number of pyridine rings is 1. The number of halogens is 3. The molecule has 4 rings (SSSR count). The van der Waals surface area contributed by atoms with Crippen LogP contribution in [0.2, 0.25) is 0 Å². The molecule has 0 spiro atoms. The second-order valence-electron chi connectivity index (χ2n) is 6.63. The van der Waals surface area contributed by atoms with Crippen LogP contribution < -0.4 is 14.8 Å². The second-order valence-corrected chi connectivity index (χ2v) is 6.63. The van der Waals surface area contributed by atoms with E-state index in [9.17, 15) is 18.0 Å². The minimum atomic E-state index is -4.75. The summed E-state index contributed by atoms with van der Waals surface area (Å²) in [6, 6.07) is 15.8. The Kier molecular flexibility index (Phi) is 5.48. The van der Waals surface area contributed by atoms with Gasteiger partial charge in [0.15, 0.2) is 0 Å². The highest BCUT2D eigenvalue weighted by Crippen LogP contribution is 2.27. The molecule has 158 valence electrons. The summed E-state index contributed by atoms with van der Waals surface area (Å²) in [7, 11) is 0. The molecule has 0 unspecified atom stereocenters. The number of anilines is 1. The lowest BCUT2D eigenvalue weighted by atomic mass is 10.1. The van der Waals surface area contributed by atoms with Gasteiger partial charge in [-0.3, -0.25) is 4.79 Å². The van der Waals surface area contributed by atoms with E-state index in [0.717, 1.165) is 28.6 Å². The number of hydrogen-bond donors (Lipinski definition) is 2. The molecule has 2 N–H and O–H groups in total. The number of rotatable bonds is 6. The van der Waals surface area contributed by atoms with Gasteiger partial charge < -0.3 is 19.8 Å². The molecular weight excluding hydrogens is 411 g/mol. The van der Waals surface area contributed by atoms with Crippen molar-refractivity contribution in [1.29, 1.82) is 0 Å². The molecule has 2 aromatic carbocycles. The largest absolute Gasteiger partial charge is 0.573 e. The third-order valence-corrected chi connectivity index (χ3v) is 4.28. The zero-order valence-electron chi connectivity index (χ0n) is 15.9. The lowest BCUT2D eigenvalue weighted by molar-refractivity contribution is -0.274. The number of amides is 1. The van der Waals surface area contributed by atoms with E-state index in [1.54, 1.807) is 12.1 Å². The highest BCUT2D eigenvalue weighted by Gasteiger charge is 2.31. The van der Waals surface area contributed by atoms with Crippen molar-refractivity contribution in [3.05, 3.63) is 78.6 Å². The van der Waals surface area contributed by atoms with Gasteiger partial charge in [0.1, 0.15) is 11.5 Å². The number of aromatic nitrogens is 2. The Morgan fingerprint density at radius 3 is 2.48 bits per heavy atom. The minimum Gasteiger partial charge on any atom is -0.439 e. The Hall–Kier alpha value is -4.01. The molecule has 2 aromatic heterocycles. The van der Waals surface area contributed by atoms with E-state index in [-0.39, 0.29) is 24.0 Å². The van der Waals surface area contributed by atoms with Crippen molar-refractivity contribution in [2.45, 2.75) is 12.8 Å². The van der Waals surface area contributed by atoms with E-state index in [4.69, 9.17) is 4.74 Å². The Morgan fingerprint density at radius 1 is 1.00 bits per heavy atom. The summed E-state index contributed by atoms with van der Waals surface area (Å²) in [5.74, 6) is -0.0218. The monoisotopic (exact) mass is 427 g/mol. The number of alkyl halides is 3. The van der Waals surface area contributed by atoms with Crippen molar-refractivity contribution in [3.8, 4) is 17.4 Å². The molecular formula is C22H16F3N3O3. The molecule has 1 amide bonds. The Balaban J connectivity index is 1.32. The number of H-pyrrole nitrogens is 1. The predicted molar refractivity (Wildman–Crippen MR) is 108 cm³/mol. The number of fused-ring (bicyclic) bond motifs is 1. The smallest absolute Gasteiger partial charge is 0.439 e. The van der Waals surface area contributed by atoms with E-state index in [0.29, 0.717) is 11.4 Å². The molecule has 0 bridgehead atoms. The van der Waals surface area contributed by atoms with E-state index in [1.807, 2.05) is 30.5 Å². The first-order chi connectivity index (χ1) is 14.8. The Morgan fingerprint density at radius 2 is 1.77 bits per heavy atom. The second kappa shape index (κ2) is 8.39. The minimum absolute atomic E-state index is 0.189. The summed E-state index contributed by atoms with van der Waals surface area (Å²) in [5.41, 5.74) is 2.39. The zero-order chi connectivity index (χ0) is 21.8. The average molecular weight is 427 g/mol. The van der Waals surface area contributed by atoms with Crippen LogP contribution in [0.5, 0.6) is 17.4 Å². The molecule has 6 nitrogen and oxygen atoms in total. The molecule has 0 atom stereocenters. The van der Waals surface area contributed by atoms with Crippen molar-refractivity contribution < 1.29 is 27.4 Å². The summed E-state index contributed by atoms with van der Waals surface area (Å²) in [6.45, 7) is 0. The van der Waals surface area contributed by atoms with Gasteiger partial charge in [-0.2, -0.15) is 0 Å². The fraction of sp³-hybridized carbons (Fsp3) is 0.0909. The lowest BCUT2D eigenvalue weighted by Crippen LogP contribution is -2.16. The Labute approximate surface area is 174 Å². The first-order valence-electron chi connectivity index (χ1n) is 9.20. The van der Waals surface area contributed by atoms with Crippen LogP contribution in [0.3, 0.4) is 0 Å². The number of nitrogens with one attached hydrogen (secondary N) is 2. The number of carbonyl (C=O) groups is 1. The number of benzene rings is 2. The first kappa shape index (κ1) is 20.3. The molecule has 0 aliphatic heterocycles. The molecule has 0 aliphatic rings. The van der Waals surface area contributed by atoms with Gasteiger partial charge in [-0.1, -0.05) is 6.07 Å². The standard InChI is InChI=1S/C22H16F3N3O3/c23-22(24,25)31-18-5-3-17(4-6-18)30-21-8-2-16(13-27-21)28-20(29)12-14-1-7-19-15(11-14)9-10-26-19/h1-11,13,26H,12H2,(H,28,29). The van der Waals surface area contributed by atoms with Crippen LogP contribution in [0.4, 0.5) is 18.9 Å². The van der Waals surface area contributed by atoms with Crippen LogP contribution in [0.1, 0.15) is 5.56 Å². The number of carbonyl (C=O) groups excluding carboxylic acids is 1. The van der Waals surface area contributed by atoms with Gasteiger partial charge in [0.25, 0.3) is 0 Å². The summed E-state index contributed by atoms with van der Waals surface area (Å²) < 4.78 is 45.9. The fourth-order valence-electron chi connectivity index (χ4n) is 2.95. The summed E-state index contributed by atoms with van der Waals surface area (Å²) in [6.07, 6.45) is -1.26. The molecule has 0 radical (unpaired) electrons. The van der Waals surface area contributed by atoms with Crippen LogP contribution in [-0.4, -0.2) is 22.2 Å². The van der Waals surface area contributed by atoms with E-state index in [2.05, 4.69) is 20.0 Å². The van der Waals surface area contributed by atoms with Crippen molar-refractivity contribution in [2.24, 2.45) is 0 Å². The van der Waals surface area contributed by atoms with Gasteiger partial charge in [0, 0.05) is 17.8 Å². The molecule has 0 saturated carbocycles. The van der Waals surface area contributed by atoms with Gasteiger partial charge >= 0.3 is 6.36 Å². The van der Waals surface area contributed by atoms with Crippen molar-refractivity contribution >= 4 is 22.5 Å². The maximum atomic E-state index is 12.3. The fourth-order valence-corrected chi connectivity index (χ4v) is 2.95. The van der Waals surface area contributed by atoms with E-state index < -0.39 is 6.36 Å². The molecule has 0 fully saturated rings. The predicted octanol–water partition coefficient (Wildman–Crippen LogP) is 5.44. The summed E-state index contributed by atoms with van der Waals surface area (Å²) in [5, 5.41) is 3.80. The third-order valence-electron chi connectivity index (χ3n) is 4.28. The SMILES string of the molecule is O=C(Cc1ccc2[nH]ccc2c1)Nc1ccc(Oc2ccc(OC(F)(F)F)cc2)nc1. The van der Waals surface area contributed by atoms with Crippen LogP contribution >= 0.6 is 0 Å². The van der Waals surface area contributed by atoms with Crippen LogP contribution in [0.15, 0.2) is 73.1 Å². The molecule has 31 heavy (non-hydrogen) atoms. The van der Waals surface area contributed by atoms with Gasteiger partial charge in [-0.15, -0.1) is 13.2 Å². The number of nitrogens with zero attached hydrogens (tertiary/aromatic N) is 1. The third kappa shape index (κ3) is 5.53. The summed E-state index contributed by atoms with van der Waals surface area (Å²) >= 11 is 0. The van der Waals surface area contributed by atoms with Crippen LogP contribution in [0.25, 0.3) is 10.9 Å². The maximum Gasteiger partial charge on any atom is 0.573 e. The quantitative estimate of drug-likeness (QED) is 0.430. The van der Waals surface area contributed by atoms with Gasteiger partial charge in [0.05, 0.1) is 18.3 Å². The summed E-state index contributed by atoms with van der Waals surface area (Å²) in [4.78, 5) is 19.5. The first-order valence-corrected chi connectivity index (χ1v) is 9.20. The normalized spacial score (nSPS) is 11.3.